The molecule has 3 aromatic rings. The molecule has 1 N–H and O–H groups in total. The molecule has 6 nitrogen and oxygen atoms in total. The average Bonchev–Trinajstić information content (AvgIpc) is 3.05. The SMILES string of the molecule is CCn1cc(CNc2nc(-c3cccnc3)nc(C)c2C)cn1. The van der Waals surface area contributed by atoms with Crippen LogP contribution in [0.2, 0.25) is 0 Å². The minimum atomic E-state index is 0.684. The Labute approximate surface area is 135 Å². The predicted octanol–water partition coefficient (Wildman–Crippen LogP) is 2.98. The number of anilines is 1. The molecule has 118 valence electrons. The van der Waals surface area contributed by atoms with E-state index in [1.54, 1.807) is 12.4 Å². The van der Waals surface area contributed by atoms with Crippen LogP contribution in [0, 0.1) is 13.8 Å². The molecule has 0 radical (unpaired) electrons. The normalized spacial score (nSPS) is 10.7. The maximum Gasteiger partial charge on any atom is 0.163 e. The highest BCUT2D eigenvalue weighted by molar-refractivity contribution is 5.58. The molecule has 0 bridgehead atoms. The summed E-state index contributed by atoms with van der Waals surface area (Å²) in [5.74, 6) is 1.54. The third-order valence-corrected chi connectivity index (χ3v) is 3.78. The van der Waals surface area contributed by atoms with E-state index in [-0.39, 0.29) is 0 Å². The summed E-state index contributed by atoms with van der Waals surface area (Å²) in [6.45, 7) is 7.65. The Hall–Kier alpha value is -2.76. The Morgan fingerprint density at radius 1 is 1.17 bits per heavy atom. The lowest BCUT2D eigenvalue weighted by Crippen LogP contribution is -2.06. The second kappa shape index (κ2) is 6.56. The molecule has 0 unspecified atom stereocenters. The highest BCUT2D eigenvalue weighted by Crippen LogP contribution is 2.21. The Kier molecular flexibility index (Phi) is 4.32. The highest BCUT2D eigenvalue weighted by atomic mass is 15.3. The van der Waals surface area contributed by atoms with Gasteiger partial charge in [0.1, 0.15) is 5.82 Å². The van der Waals surface area contributed by atoms with Crippen LogP contribution in [0.5, 0.6) is 0 Å². The van der Waals surface area contributed by atoms with Crippen molar-refractivity contribution in [3.05, 3.63) is 53.7 Å². The maximum atomic E-state index is 4.66. The van der Waals surface area contributed by atoms with Crippen molar-refractivity contribution in [1.82, 2.24) is 24.7 Å². The zero-order valence-corrected chi connectivity index (χ0v) is 13.6. The first-order chi connectivity index (χ1) is 11.2. The van der Waals surface area contributed by atoms with E-state index in [0.29, 0.717) is 12.4 Å². The van der Waals surface area contributed by atoms with E-state index >= 15 is 0 Å². The van der Waals surface area contributed by atoms with Gasteiger partial charge in [-0.1, -0.05) is 0 Å². The first kappa shape index (κ1) is 15.1. The monoisotopic (exact) mass is 308 g/mol. The lowest BCUT2D eigenvalue weighted by atomic mass is 10.2. The van der Waals surface area contributed by atoms with Crippen LogP contribution in [-0.2, 0) is 13.1 Å². The zero-order valence-electron chi connectivity index (χ0n) is 13.6. The summed E-state index contributed by atoms with van der Waals surface area (Å²) < 4.78 is 1.91. The van der Waals surface area contributed by atoms with Crippen molar-refractivity contribution in [1.29, 1.82) is 0 Å². The van der Waals surface area contributed by atoms with Gasteiger partial charge in [-0.3, -0.25) is 9.67 Å². The van der Waals surface area contributed by atoms with Crippen molar-refractivity contribution >= 4 is 5.82 Å². The summed E-state index contributed by atoms with van der Waals surface area (Å²) in [7, 11) is 0. The molecule has 3 aromatic heterocycles. The molecular weight excluding hydrogens is 288 g/mol. The molecule has 0 aliphatic rings. The lowest BCUT2D eigenvalue weighted by Gasteiger charge is -2.11. The third-order valence-electron chi connectivity index (χ3n) is 3.78. The quantitative estimate of drug-likeness (QED) is 0.784. The standard InChI is InChI=1S/C17H20N6/c1-4-23-11-14(9-20-23)8-19-16-12(2)13(3)21-17(22-16)15-6-5-7-18-10-15/h5-7,9-11H,4,8H2,1-3H3,(H,19,21,22). The highest BCUT2D eigenvalue weighted by Gasteiger charge is 2.10. The van der Waals surface area contributed by atoms with Gasteiger partial charge in [0.2, 0.25) is 0 Å². The van der Waals surface area contributed by atoms with Crippen molar-refractivity contribution in [3.8, 4) is 11.4 Å². The predicted molar refractivity (Wildman–Crippen MR) is 90.0 cm³/mol. The van der Waals surface area contributed by atoms with Crippen LogP contribution in [0.15, 0.2) is 36.9 Å². The molecule has 0 aromatic carbocycles. The van der Waals surface area contributed by atoms with Gasteiger partial charge in [0.05, 0.1) is 6.20 Å². The van der Waals surface area contributed by atoms with Crippen LogP contribution < -0.4 is 5.32 Å². The van der Waals surface area contributed by atoms with Gasteiger partial charge in [0.15, 0.2) is 5.82 Å². The largest absolute Gasteiger partial charge is 0.366 e. The van der Waals surface area contributed by atoms with Crippen molar-refractivity contribution in [2.75, 3.05) is 5.32 Å². The topological polar surface area (TPSA) is 68.5 Å². The van der Waals surface area contributed by atoms with E-state index in [0.717, 1.165) is 34.7 Å². The molecule has 3 heterocycles. The molecule has 0 aliphatic carbocycles. The molecule has 23 heavy (non-hydrogen) atoms. The third kappa shape index (κ3) is 3.36. The zero-order chi connectivity index (χ0) is 16.2. The number of pyridine rings is 1. The summed E-state index contributed by atoms with van der Waals surface area (Å²) >= 11 is 0. The van der Waals surface area contributed by atoms with Gasteiger partial charge in [-0.15, -0.1) is 0 Å². The minimum Gasteiger partial charge on any atom is -0.366 e. The molecule has 0 amide bonds. The Bertz CT molecular complexity index is 794. The number of nitrogens with one attached hydrogen (secondary N) is 1. The van der Waals surface area contributed by atoms with Crippen LogP contribution in [0.4, 0.5) is 5.82 Å². The fraction of sp³-hybridized carbons (Fsp3) is 0.294. The summed E-state index contributed by atoms with van der Waals surface area (Å²) in [5, 5.41) is 7.68. The Morgan fingerprint density at radius 3 is 2.74 bits per heavy atom. The molecule has 0 aliphatic heterocycles. The average molecular weight is 308 g/mol. The molecule has 0 atom stereocenters. The second-order valence-electron chi connectivity index (χ2n) is 5.41. The number of hydrogen-bond donors (Lipinski definition) is 1. The van der Waals surface area contributed by atoms with Gasteiger partial charge >= 0.3 is 0 Å². The number of aromatic nitrogens is 5. The molecular formula is C17H20N6. The minimum absolute atomic E-state index is 0.684. The maximum absolute atomic E-state index is 4.66. The number of aryl methyl sites for hydroxylation is 2. The molecule has 0 saturated heterocycles. The fourth-order valence-electron chi connectivity index (χ4n) is 2.28. The van der Waals surface area contributed by atoms with E-state index in [4.69, 9.17) is 0 Å². The van der Waals surface area contributed by atoms with E-state index < -0.39 is 0 Å². The van der Waals surface area contributed by atoms with Crippen LogP contribution in [0.1, 0.15) is 23.7 Å². The van der Waals surface area contributed by atoms with Gasteiger partial charge in [-0.05, 0) is 32.9 Å². The molecule has 3 rings (SSSR count). The Balaban J connectivity index is 1.85. The summed E-state index contributed by atoms with van der Waals surface area (Å²) in [4.78, 5) is 13.4. The van der Waals surface area contributed by atoms with Gasteiger partial charge in [-0.25, -0.2) is 9.97 Å². The van der Waals surface area contributed by atoms with Crippen LogP contribution in [0.25, 0.3) is 11.4 Å². The molecule has 0 spiro atoms. The van der Waals surface area contributed by atoms with E-state index in [2.05, 4.69) is 32.3 Å². The van der Waals surface area contributed by atoms with E-state index in [1.165, 1.54) is 0 Å². The van der Waals surface area contributed by atoms with Crippen molar-refractivity contribution < 1.29 is 0 Å². The van der Waals surface area contributed by atoms with Gasteiger partial charge in [0.25, 0.3) is 0 Å². The first-order valence-corrected chi connectivity index (χ1v) is 7.68. The van der Waals surface area contributed by atoms with Crippen LogP contribution in [-0.4, -0.2) is 24.7 Å². The van der Waals surface area contributed by atoms with E-state index in [9.17, 15) is 0 Å². The van der Waals surface area contributed by atoms with E-state index in [1.807, 2.05) is 43.1 Å². The first-order valence-electron chi connectivity index (χ1n) is 7.68. The molecule has 0 fully saturated rings. The smallest absolute Gasteiger partial charge is 0.163 e. The van der Waals surface area contributed by atoms with Crippen LogP contribution >= 0.6 is 0 Å². The van der Waals surface area contributed by atoms with Crippen molar-refractivity contribution in [2.45, 2.75) is 33.9 Å². The second-order valence-corrected chi connectivity index (χ2v) is 5.41. The van der Waals surface area contributed by atoms with Gasteiger partial charge in [0, 0.05) is 54.1 Å². The van der Waals surface area contributed by atoms with Gasteiger partial charge < -0.3 is 5.32 Å². The number of rotatable bonds is 5. The van der Waals surface area contributed by atoms with Crippen molar-refractivity contribution in [2.24, 2.45) is 0 Å². The molecule has 0 saturated carbocycles. The lowest BCUT2D eigenvalue weighted by molar-refractivity contribution is 0.659. The van der Waals surface area contributed by atoms with Crippen molar-refractivity contribution in [3.63, 3.8) is 0 Å². The fourth-order valence-corrected chi connectivity index (χ4v) is 2.28. The Morgan fingerprint density at radius 2 is 2.04 bits per heavy atom. The summed E-state index contributed by atoms with van der Waals surface area (Å²) in [6, 6.07) is 3.85. The molecule has 6 heteroatoms. The number of hydrogen-bond acceptors (Lipinski definition) is 5. The van der Waals surface area contributed by atoms with Crippen LogP contribution in [0.3, 0.4) is 0 Å². The summed E-state index contributed by atoms with van der Waals surface area (Å²) in [5.41, 5.74) is 4.06. The summed E-state index contributed by atoms with van der Waals surface area (Å²) in [6.07, 6.45) is 7.44. The van der Waals surface area contributed by atoms with Gasteiger partial charge in [-0.2, -0.15) is 5.10 Å². The number of nitrogens with zero attached hydrogens (tertiary/aromatic N) is 5.